The van der Waals surface area contributed by atoms with E-state index < -0.39 is 5.41 Å². The largest absolute Gasteiger partial charge is 0.344 e. The van der Waals surface area contributed by atoms with E-state index in [-0.39, 0.29) is 5.91 Å². The van der Waals surface area contributed by atoms with Gasteiger partial charge in [0.2, 0.25) is 5.91 Å². The molecule has 0 saturated heterocycles. The van der Waals surface area contributed by atoms with Gasteiger partial charge in [0.15, 0.2) is 0 Å². The van der Waals surface area contributed by atoms with Gasteiger partial charge in [0.1, 0.15) is 5.41 Å². The molecule has 3 nitrogen and oxygen atoms in total. The molecule has 1 aromatic rings. The summed E-state index contributed by atoms with van der Waals surface area (Å²) in [6.45, 7) is 8.09. The molecule has 0 saturated carbocycles. The van der Waals surface area contributed by atoms with E-state index in [1.807, 2.05) is 6.07 Å². The molecule has 1 aromatic carbocycles. The topological polar surface area (TPSA) is 44.1 Å². The van der Waals surface area contributed by atoms with Gasteiger partial charge in [-0.25, -0.2) is 0 Å². The fourth-order valence-corrected chi connectivity index (χ4v) is 1.98. The van der Waals surface area contributed by atoms with Crippen LogP contribution in [0.2, 0.25) is 0 Å². The number of aryl methyl sites for hydroxylation is 2. The summed E-state index contributed by atoms with van der Waals surface area (Å²) in [6, 6.07) is 8.40. The van der Waals surface area contributed by atoms with Gasteiger partial charge in [-0.1, -0.05) is 23.8 Å². The number of likely N-dealkylation sites (N-methyl/N-ethyl adjacent to an activating group) is 1. The standard InChI is InChI=1S/C16H22N2O/c1-12-6-7-13(2)14(10-12)8-9-18(5)15(19)16(3,4)11-17/h6-7,10H,8-9H2,1-5H3. The van der Waals surface area contributed by atoms with Crippen LogP contribution in [0.5, 0.6) is 0 Å². The molecule has 0 fully saturated rings. The molecular formula is C16H22N2O. The highest BCUT2D eigenvalue weighted by Crippen LogP contribution is 2.17. The Bertz CT molecular complexity index is 512. The van der Waals surface area contributed by atoms with Crippen molar-refractivity contribution >= 4 is 5.91 Å². The van der Waals surface area contributed by atoms with Gasteiger partial charge in [-0.15, -0.1) is 0 Å². The van der Waals surface area contributed by atoms with Crippen LogP contribution in [0.3, 0.4) is 0 Å². The van der Waals surface area contributed by atoms with Crippen LogP contribution >= 0.6 is 0 Å². The second-order valence-electron chi connectivity index (χ2n) is 5.64. The molecule has 0 aliphatic carbocycles. The second kappa shape index (κ2) is 5.88. The van der Waals surface area contributed by atoms with E-state index >= 15 is 0 Å². The molecular weight excluding hydrogens is 236 g/mol. The molecule has 19 heavy (non-hydrogen) atoms. The zero-order chi connectivity index (χ0) is 14.6. The fourth-order valence-electron chi connectivity index (χ4n) is 1.98. The first-order valence-corrected chi connectivity index (χ1v) is 6.51. The number of nitriles is 1. The lowest BCUT2D eigenvalue weighted by Gasteiger charge is -2.24. The number of rotatable bonds is 4. The SMILES string of the molecule is Cc1ccc(C)c(CCN(C)C(=O)C(C)(C)C#N)c1. The van der Waals surface area contributed by atoms with Gasteiger partial charge in [-0.2, -0.15) is 5.26 Å². The van der Waals surface area contributed by atoms with Gasteiger partial charge in [-0.05, 0) is 45.2 Å². The summed E-state index contributed by atoms with van der Waals surface area (Å²) in [5.74, 6) is -0.125. The zero-order valence-electron chi connectivity index (χ0n) is 12.4. The normalized spacial score (nSPS) is 10.9. The predicted molar refractivity (Wildman–Crippen MR) is 76.7 cm³/mol. The average Bonchev–Trinajstić information content (AvgIpc) is 2.38. The summed E-state index contributed by atoms with van der Waals surface area (Å²) in [4.78, 5) is 13.7. The van der Waals surface area contributed by atoms with Crippen LogP contribution in [-0.2, 0) is 11.2 Å². The maximum atomic E-state index is 12.1. The van der Waals surface area contributed by atoms with E-state index in [2.05, 4.69) is 32.0 Å². The Morgan fingerprint density at radius 1 is 1.37 bits per heavy atom. The van der Waals surface area contributed by atoms with Crippen molar-refractivity contribution in [2.24, 2.45) is 5.41 Å². The van der Waals surface area contributed by atoms with Crippen molar-refractivity contribution in [2.75, 3.05) is 13.6 Å². The van der Waals surface area contributed by atoms with Crippen LogP contribution in [0.1, 0.15) is 30.5 Å². The van der Waals surface area contributed by atoms with E-state index in [0.29, 0.717) is 6.54 Å². The minimum absolute atomic E-state index is 0.125. The Morgan fingerprint density at radius 3 is 2.58 bits per heavy atom. The van der Waals surface area contributed by atoms with E-state index in [0.717, 1.165) is 6.42 Å². The van der Waals surface area contributed by atoms with Crippen LogP contribution in [0.15, 0.2) is 18.2 Å². The third-order valence-corrected chi connectivity index (χ3v) is 3.38. The molecule has 0 aromatic heterocycles. The molecule has 0 bridgehead atoms. The maximum Gasteiger partial charge on any atom is 0.242 e. The Morgan fingerprint density at radius 2 is 2.00 bits per heavy atom. The van der Waals surface area contributed by atoms with Crippen LogP contribution in [-0.4, -0.2) is 24.4 Å². The van der Waals surface area contributed by atoms with E-state index in [4.69, 9.17) is 5.26 Å². The van der Waals surface area contributed by atoms with Gasteiger partial charge >= 0.3 is 0 Å². The van der Waals surface area contributed by atoms with Crippen molar-refractivity contribution in [1.82, 2.24) is 4.90 Å². The summed E-state index contributed by atoms with van der Waals surface area (Å²) in [5.41, 5.74) is 2.78. The fraction of sp³-hybridized carbons (Fsp3) is 0.500. The van der Waals surface area contributed by atoms with E-state index in [1.54, 1.807) is 25.8 Å². The first-order valence-electron chi connectivity index (χ1n) is 6.51. The number of carbonyl (C=O) groups excluding carboxylic acids is 1. The molecule has 0 radical (unpaired) electrons. The third-order valence-electron chi connectivity index (χ3n) is 3.38. The highest BCUT2D eigenvalue weighted by Gasteiger charge is 2.30. The molecule has 3 heteroatoms. The molecule has 0 atom stereocenters. The lowest BCUT2D eigenvalue weighted by atomic mass is 9.93. The highest BCUT2D eigenvalue weighted by molar-refractivity contribution is 5.84. The van der Waals surface area contributed by atoms with Crippen molar-refractivity contribution in [2.45, 2.75) is 34.1 Å². The van der Waals surface area contributed by atoms with Crippen molar-refractivity contribution in [3.63, 3.8) is 0 Å². The van der Waals surface area contributed by atoms with Gasteiger partial charge < -0.3 is 4.90 Å². The third kappa shape index (κ3) is 3.82. The molecule has 1 amide bonds. The molecule has 1 rings (SSSR count). The quantitative estimate of drug-likeness (QED) is 0.833. The van der Waals surface area contributed by atoms with Crippen LogP contribution in [0.4, 0.5) is 0 Å². The number of benzene rings is 1. The van der Waals surface area contributed by atoms with Crippen LogP contribution < -0.4 is 0 Å². The summed E-state index contributed by atoms with van der Waals surface area (Å²) < 4.78 is 0. The highest BCUT2D eigenvalue weighted by atomic mass is 16.2. The van der Waals surface area contributed by atoms with Gasteiger partial charge in [0.05, 0.1) is 6.07 Å². The van der Waals surface area contributed by atoms with Crippen molar-refractivity contribution in [1.29, 1.82) is 5.26 Å². The Kier molecular flexibility index (Phi) is 4.72. The second-order valence-corrected chi connectivity index (χ2v) is 5.64. The lowest BCUT2D eigenvalue weighted by Crippen LogP contribution is -2.38. The summed E-state index contributed by atoms with van der Waals surface area (Å²) in [5, 5.41) is 8.98. The van der Waals surface area contributed by atoms with Gasteiger partial charge in [-0.3, -0.25) is 4.79 Å². The number of carbonyl (C=O) groups is 1. The summed E-state index contributed by atoms with van der Waals surface area (Å²) >= 11 is 0. The monoisotopic (exact) mass is 258 g/mol. The van der Waals surface area contributed by atoms with Crippen LogP contribution in [0.25, 0.3) is 0 Å². The molecule has 0 heterocycles. The molecule has 102 valence electrons. The Hall–Kier alpha value is -1.82. The maximum absolute atomic E-state index is 12.1. The molecule has 0 aliphatic heterocycles. The molecule has 0 unspecified atom stereocenters. The van der Waals surface area contributed by atoms with Gasteiger partial charge in [0, 0.05) is 13.6 Å². The number of hydrogen-bond acceptors (Lipinski definition) is 2. The van der Waals surface area contributed by atoms with Crippen LogP contribution in [0, 0.1) is 30.6 Å². The molecule has 0 N–H and O–H groups in total. The average molecular weight is 258 g/mol. The van der Waals surface area contributed by atoms with E-state index in [1.165, 1.54) is 16.7 Å². The predicted octanol–water partition coefficient (Wildman–Crippen LogP) is 2.85. The minimum Gasteiger partial charge on any atom is -0.344 e. The number of nitrogens with zero attached hydrogens (tertiary/aromatic N) is 2. The minimum atomic E-state index is -0.948. The summed E-state index contributed by atoms with van der Waals surface area (Å²) in [7, 11) is 1.76. The lowest BCUT2D eigenvalue weighted by molar-refractivity contribution is -0.136. The first kappa shape index (κ1) is 15.2. The van der Waals surface area contributed by atoms with Crippen molar-refractivity contribution in [3.05, 3.63) is 34.9 Å². The number of hydrogen-bond donors (Lipinski definition) is 0. The van der Waals surface area contributed by atoms with Crippen molar-refractivity contribution < 1.29 is 4.79 Å². The summed E-state index contributed by atoms with van der Waals surface area (Å²) in [6.07, 6.45) is 0.817. The van der Waals surface area contributed by atoms with Crippen molar-refractivity contribution in [3.8, 4) is 6.07 Å². The Balaban J connectivity index is 2.70. The first-order chi connectivity index (χ1) is 8.77. The van der Waals surface area contributed by atoms with E-state index in [9.17, 15) is 4.79 Å². The number of amides is 1. The zero-order valence-corrected chi connectivity index (χ0v) is 12.4. The molecule has 0 aliphatic rings. The smallest absolute Gasteiger partial charge is 0.242 e. The van der Waals surface area contributed by atoms with Gasteiger partial charge in [0.25, 0.3) is 0 Å². The Labute approximate surface area is 115 Å². The molecule has 0 spiro atoms.